The number of rotatable bonds is 6. The Labute approximate surface area is 163 Å². The van der Waals surface area contributed by atoms with Crippen LogP contribution in [0.3, 0.4) is 0 Å². The van der Waals surface area contributed by atoms with Crippen LogP contribution in [0.1, 0.15) is 11.5 Å². The summed E-state index contributed by atoms with van der Waals surface area (Å²) in [5.41, 5.74) is 5.88. The molecule has 2 aromatic carbocycles. The van der Waals surface area contributed by atoms with Crippen molar-refractivity contribution in [2.75, 3.05) is 20.5 Å². The molecular weight excluding hydrogens is 386 g/mol. The zero-order valence-corrected chi connectivity index (χ0v) is 16.3. The molecular formula is C19H19NO5S2. The first-order valence-corrected chi connectivity index (χ1v) is 10.4. The number of hydrogen-bond acceptors (Lipinski definition) is 6. The predicted octanol–water partition coefficient (Wildman–Crippen LogP) is 2.27. The molecule has 1 saturated carbocycles. The standard InChI is InChI=1S/C19H19NO5S2/c1-23-10-19(18(20)26)16(12-7-8-14-15(9-12)25-11-24-14)17(19)27(21,22)13-5-3-2-4-6-13/h2-9,16-17H,10-11H2,1H3,(H2,20,26)/t16-,17-,19+/m1/s1. The Kier molecular flexibility index (Phi) is 4.37. The average Bonchev–Trinajstić information content (AvgIpc) is 3.13. The van der Waals surface area contributed by atoms with Gasteiger partial charge in [0.15, 0.2) is 21.3 Å². The van der Waals surface area contributed by atoms with Crippen LogP contribution in [-0.2, 0) is 14.6 Å². The highest BCUT2D eigenvalue weighted by molar-refractivity contribution is 7.92. The third-order valence-electron chi connectivity index (χ3n) is 5.26. The fraction of sp³-hybridized carbons (Fsp3) is 0.316. The Balaban J connectivity index is 1.82. The SMILES string of the molecule is COC[C@]1(C(N)=S)[C@H](c2ccc3c(c2)OCO3)[C@H]1S(=O)(=O)c1ccccc1. The summed E-state index contributed by atoms with van der Waals surface area (Å²) in [5, 5.41) is -0.801. The molecule has 1 aliphatic carbocycles. The lowest BCUT2D eigenvalue weighted by Crippen LogP contribution is -2.33. The molecule has 3 atom stereocenters. The Morgan fingerprint density at radius 2 is 1.93 bits per heavy atom. The molecule has 1 heterocycles. The summed E-state index contributed by atoms with van der Waals surface area (Å²) in [6.45, 7) is 0.270. The first kappa shape index (κ1) is 18.2. The fourth-order valence-electron chi connectivity index (χ4n) is 3.97. The van der Waals surface area contributed by atoms with Crippen LogP contribution in [0.4, 0.5) is 0 Å². The number of nitrogens with two attached hydrogens (primary N) is 1. The van der Waals surface area contributed by atoms with E-state index in [-0.39, 0.29) is 23.3 Å². The van der Waals surface area contributed by atoms with Crippen molar-refractivity contribution in [2.45, 2.75) is 16.1 Å². The third kappa shape index (κ3) is 2.70. The van der Waals surface area contributed by atoms with E-state index in [1.54, 1.807) is 42.5 Å². The van der Waals surface area contributed by atoms with Crippen LogP contribution in [0, 0.1) is 5.41 Å². The molecule has 4 rings (SSSR count). The van der Waals surface area contributed by atoms with Gasteiger partial charge in [0, 0.05) is 13.0 Å². The van der Waals surface area contributed by atoms with Crippen LogP contribution in [-0.4, -0.2) is 39.2 Å². The number of ether oxygens (including phenoxy) is 3. The minimum Gasteiger partial charge on any atom is -0.454 e. The molecule has 0 amide bonds. The Morgan fingerprint density at radius 3 is 2.59 bits per heavy atom. The van der Waals surface area contributed by atoms with E-state index in [9.17, 15) is 8.42 Å². The van der Waals surface area contributed by atoms with E-state index in [1.807, 2.05) is 6.07 Å². The van der Waals surface area contributed by atoms with E-state index >= 15 is 0 Å². The molecule has 2 aliphatic rings. The van der Waals surface area contributed by atoms with Gasteiger partial charge in [-0.3, -0.25) is 0 Å². The highest BCUT2D eigenvalue weighted by Crippen LogP contribution is 2.65. The summed E-state index contributed by atoms with van der Waals surface area (Å²) in [5.74, 6) is 0.800. The van der Waals surface area contributed by atoms with Crippen LogP contribution in [0.15, 0.2) is 53.4 Å². The molecule has 0 aromatic heterocycles. The van der Waals surface area contributed by atoms with Gasteiger partial charge in [-0.2, -0.15) is 0 Å². The highest BCUT2D eigenvalue weighted by atomic mass is 32.2. The summed E-state index contributed by atoms with van der Waals surface area (Å²) < 4.78 is 42.9. The molecule has 0 spiro atoms. The molecule has 0 radical (unpaired) electrons. The second kappa shape index (κ2) is 6.47. The van der Waals surface area contributed by atoms with Crippen molar-refractivity contribution in [2.24, 2.45) is 11.1 Å². The van der Waals surface area contributed by atoms with Crippen LogP contribution in [0.25, 0.3) is 0 Å². The van der Waals surface area contributed by atoms with E-state index in [1.165, 1.54) is 7.11 Å². The van der Waals surface area contributed by atoms with Crippen LogP contribution < -0.4 is 15.2 Å². The number of sulfone groups is 1. The van der Waals surface area contributed by atoms with Crippen molar-refractivity contribution in [3.63, 3.8) is 0 Å². The lowest BCUT2D eigenvalue weighted by Gasteiger charge is -2.16. The monoisotopic (exact) mass is 405 g/mol. The van der Waals surface area contributed by atoms with Crippen molar-refractivity contribution >= 4 is 27.0 Å². The molecule has 6 nitrogen and oxygen atoms in total. The third-order valence-corrected chi connectivity index (χ3v) is 7.93. The topological polar surface area (TPSA) is 87.8 Å². The lowest BCUT2D eigenvalue weighted by molar-refractivity contribution is 0.166. The molecule has 8 heteroatoms. The maximum absolute atomic E-state index is 13.4. The van der Waals surface area contributed by atoms with Crippen molar-refractivity contribution in [1.82, 2.24) is 0 Å². The minimum atomic E-state index is -3.67. The molecule has 142 valence electrons. The van der Waals surface area contributed by atoms with Crippen LogP contribution in [0.5, 0.6) is 11.5 Å². The minimum absolute atomic E-state index is 0.123. The van der Waals surface area contributed by atoms with Crippen molar-refractivity contribution < 1.29 is 22.6 Å². The lowest BCUT2D eigenvalue weighted by atomic mass is 9.99. The zero-order chi connectivity index (χ0) is 19.2. The van der Waals surface area contributed by atoms with E-state index in [4.69, 9.17) is 32.2 Å². The number of methoxy groups -OCH3 is 1. The van der Waals surface area contributed by atoms with Gasteiger partial charge in [-0.15, -0.1) is 0 Å². The van der Waals surface area contributed by atoms with Gasteiger partial charge in [0.2, 0.25) is 6.79 Å². The summed E-state index contributed by atoms with van der Waals surface area (Å²) >= 11 is 5.31. The molecule has 2 aromatic rings. The van der Waals surface area contributed by atoms with Crippen molar-refractivity contribution in [3.05, 3.63) is 54.1 Å². The van der Waals surface area contributed by atoms with Gasteiger partial charge in [0.1, 0.15) is 0 Å². The van der Waals surface area contributed by atoms with Gasteiger partial charge >= 0.3 is 0 Å². The quantitative estimate of drug-likeness (QED) is 0.738. The Bertz CT molecular complexity index is 992. The number of fused-ring (bicyclic) bond motifs is 1. The van der Waals surface area contributed by atoms with Gasteiger partial charge in [-0.25, -0.2) is 8.42 Å². The molecule has 1 fully saturated rings. The molecule has 2 N–H and O–H groups in total. The molecule has 27 heavy (non-hydrogen) atoms. The molecule has 0 saturated heterocycles. The second-order valence-corrected chi connectivity index (χ2v) is 9.22. The largest absolute Gasteiger partial charge is 0.454 e. The fourth-order valence-corrected chi connectivity index (χ4v) is 6.76. The highest BCUT2D eigenvalue weighted by Gasteiger charge is 2.73. The summed E-state index contributed by atoms with van der Waals surface area (Å²) in [4.78, 5) is 0.381. The van der Waals surface area contributed by atoms with E-state index in [0.29, 0.717) is 11.5 Å². The first-order chi connectivity index (χ1) is 12.9. The van der Waals surface area contributed by atoms with Crippen molar-refractivity contribution in [3.8, 4) is 11.5 Å². The maximum Gasteiger partial charge on any atom is 0.231 e. The van der Waals surface area contributed by atoms with Crippen LogP contribution >= 0.6 is 12.2 Å². The number of benzene rings is 2. The van der Waals surface area contributed by atoms with E-state index < -0.39 is 26.4 Å². The van der Waals surface area contributed by atoms with Crippen molar-refractivity contribution in [1.29, 1.82) is 0 Å². The summed E-state index contributed by atoms with van der Waals surface area (Å²) in [6.07, 6.45) is 0. The first-order valence-electron chi connectivity index (χ1n) is 8.40. The zero-order valence-electron chi connectivity index (χ0n) is 14.6. The average molecular weight is 405 g/mol. The van der Waals surface area contributed by atoms with Gasteiger partial charge in [-0.05, 0) is 29.8 Å². The van der Waals surface area contributed by atoms with Gasteiger partial charge < -0.3 is 19.9 Å². The maximum atomic E-state index is 13.4. The van der Waals surface area contributed by atoms with E-state index in [0.717, 1.165) is 5.56 Å². The second-order valence-electron chi connectivity index (χ2n) is 6.71. The Morgan fingerprint density at radius 1 is 1.22 bits per heavy atom. The normalized spacial score (nSPS) is 26.0. The Hall–Kier alpha value is -2.16. The van der Waals surface area contributed by atoms with Gasteiger partial charge in [-0.1, -0.05) is 36.5 Å². The van der Waals surface area contributed by atoms with Crippen LogP contribution in [0.2, 0.25) is 0 Å². The van der Waals surface area contributed by atoms with Gasteiger partial charge in [0.25, 0.3) is 0 Å². The molecule has 1 aliphatic heterocycles. The predicted molar refractivity (Wildman–Crippen MR) is 104 cm³/mol. The summed E-state index contributed by atoms with van der Waals surface area (Å²) in [6, 6.07) is 13.8. The van der Waals surface area contributed by atoms with Gasteiger partial charge in [0.05, 0.1) is 27.2 Å². The summed E-state index contributed by atoms with van der Waals surface area (Å²) in [7, 11) is -2.16. The molecule has 0 unspecified atom stereocenters. The molecule has 0 bridgehead atoms. The van der Waals surface area contributed by atoms with E-state index in [2.05, 4.69) is 0 Å². The smallest absolute Gasteiger partial charge is 0.231 e. The number of hydrogen-bond donors (Lipinski definition) is 1. The number of thiocarbonyl (C=S) groups is 1.